The Hall–Kier alpha value is -2.46. The molecule has 3 heteroatoms. The Kier molecular flexibility index (Phi) is 8.11. The molecule has 1 aliphatic carbocycles. The summed E-state index contributed by atoms with van der Waals surface area (Å²) in [7, 11) is 0. The van der Waals surface area contributed by atoms with Gasteiger partial charge in [-0.3, -0.25) is 4.90 Å². The molecule has 0 fully saturated rings. The molecule has 2 atom stereocenters. The Bertz CT molecular complexity index is 1020. The highest BCUT2D eigenvalue weighted by Gasteiger charge is 2.37. The van der Waals surface area contributed by atoms with E-state index in [1.165, 1.54) is 11.1 Å². The number of fused-ring (bicyclic) bond motifs is 1. The van der Waals surface area contributed by atoms with E-state index in [1.54, 1.807) is 0 Å². The van der Waals surface area contributed by atoms with E-state index in [4.69, 9.17) is 0 Å². The quantitative estimate of drug-likeness (QED) is 0.353. The molecule has 3 aromatic carbocycles. The predicted octanol–water partition coefficient (Wildman–Crippen LogP) is 7.01. The van der Waals surface area contributed by atoms with E-state index in [1.807, 2.05) is 24.3 Å². The molecule has 3 nitrogen and oxygen atoms in total. The van der Waals surface area contributed by atoms with Crippen LogP contribution < -0.4 is 0 Å². The zero-order chi connectivity index (χ0) is 24.9. The fraction of sp³-hybridized carbons (Fsp3) is 0.438. The minimum atomic E-state index is -0.874. The van der Waals surface area contributed by atoms with Gasteiger partial charge in [0.1, 0.15) is 0 Å². The average Bonchev–Trinajstić information content (AvgIpc) is 2.86. The van der Waals surface area contributed by atoms with E-state index in [9.17, 15) is 10.2 Å². The van der Waals surface area contributed by atoms with Gasteiger partial charge in [-0.05, 0) is 72.9 Å². The second-order valence-corrected chi connectivity index (χ2v) is 11.3. The van der Waals surface area contributed by atoms with Gasteiger partial charge in [0.05, 0.1) is 17.7 Å². The number of rotatable bonds is 9. The van der Waals surface area contributed by atoms with Gasteiger partial charge in [0.2, 0.25) is 0 Å². The lowest BCUT2D eigenvalue weighted by atomic mass is 9.75. The molecule has 0 radical (unpaired) electrons. The van der Waals surface area contributed by atoms with Crippen LogP contribution in [0.4, 0.5) is 0 Å². The van der Waals surface area contributed by atoms with Crippen molar-refractivity contribution in [3.63, 3.8) is 0 Å². The Morgan fingerprint density at radius 1 is 0.857 bits per heavy atom. The van der Waals surface area contributed by atoms with Gasteiger partial charge in [-0.1, -0.05) is 106 Å². The summed E-state index contributed by atoms with van der Waals surface area (Å²) in [6.07, 6.45) is 3.42. The van der Waals surface area contributed by atoms with Crippen LogP contribution in [0.5, 0.6) is 0 Å². The minimum Gasteiger partial charge on any atom is -0.388 e. The molecule has 0 unspecified atom stereocenters. The third-order valence-electron chi connectivity index (χ3n) is 7.43. The molecule has 2 N–H and O–H groups in total. The molecule has 0 saturated carbocycles. The van der Waals surface area contributed by atoms with E-state index >= 15 is 0 Å². The van der Waals surface area contributed by atoms with Gasteiger partial charge >= 0.3 is 0 Å². The molecule has 0 heterocycles. The fourth-order valence-corrected chi connectivity index (χ4v) is 5.45. The van der Waals surface area contributed by atoms with Crippen molar-refractivity contribution in [2.24, 2.45) is 5.41 Å². The lowest BCUT2D eigenvalue weighted by molar-refractivity contribution is -0.0171. The lowest BCUT2D eigenvalue weighted by Gasteiger charge is -2.38. The molecule has 1 aliphatic rings. The first-order valence-electron chi connectivity index (χ1n) is 13.1. The standard InChI is InChI=1S/C32H41NO2/c1-31(2,3)22-24-33(30(25-13-6-4-7-14-25)26-15-8-5-9-16-26)23-12-20-32(35)21-19-29(34)27-17-10-11-18-28(27)32/h4-11,13-18,29-30,34-35H,12,19-24H2,1-3H3/t29-,32+/m0/s1. The smallest absolute Gasteiger partial charge is 0.0901 e. The van der Waals surface area contributed by atoms with Crippen LogP contribution in [-0.4, -0.2) is 28.2 Å². The van der Waals surface area contributed by atoms with E-state index < -0.39 is 11.7 Å². The Morgan fingerprint density at radius 2 is 1.43 bits per heavy atom. The second-order valence-electron chi connectivity index (χ2n) is 11.3. The van der Waals surface area contributed by atoms with E-state index in [-0.39, 0.29) is 11.5 Å². The van der Waals surface area contributed by atoms with Crippen molar-refractivity contribution in [2.45, 2.75) is 70.6 Å². The van der Waals surface area contributed by atoms with Crippen LogP contribution in [0.3, 0.4) is 0 Å². The number of hydrogen-bond acceptors (Lipinski definition) is 3. The third-order valence-corrected chi connectivity index (χ3v) is 7.43. The normalized spacial score (nSPS) is 20.3. The summed E-state index contributed by atoms with van der Waals surface area (Å²) >= 11 is 0. The first-order chi connectivity index (χ1) is 16.8. The fourth-order valence-electron chi connectivity index (χ4n) is 5.45. The van der Waals surface area contributed by atoms with Gasteiger partial charge in [-0.15, -0.1) is 0 Å². The zero-order valence-electron chi connectivity index (χ0n) is 21.5. The van der Waals surface area contributed by atoms with Crippen LogP contribution in [-0.2, 0) is 5.60 Å². The van der Waals surface area contributed by atoms with Crippen LogP contribution in [0.1, 0.15) is 87.3 Å². The molecule has 0 bridgehead atoms. The van der Waals surface area contributed by atoms with E-state index in [0.717, 1.165) is 37.1 Å². The summed E-state index contributed by atoms with van der Waals surface area (Å²) < 4.78 is 0. The van der Waals surface area contributed by atoms with Crippen molar-refractivity contribution in [2.75, 3.05) is 13.1 Å². The lowest BCUT2D eigenvalue weighted by Crippen LogP contribution is -2.36. The molecule has 0 aromatic heterocycles. The highest BCUT2D eigenvalue weighted by Crippen LogP contribution is 2.43. The summed E-state index contributed by atoms with van der Waals surface area (Å²) in [5, 5.41) is 22.1. The van der Waals surface area contributed by atoms with Crippen molar-refractivity contribution in [3.05, 3.63) is 107 Å². The van der Waals surface area contributed by atoms with Crippen LogP contribution in [0.25, 0.3) is 0 Å². The van der Waals surface area contributed by atoms with Crippen LogP contribution in [0.15, 0.2) is 84.9 Å². The monoisotopic (exact) mass is 471 g/mol. The molecular formula is C32H41NO2. The maximum atomic E-state index is 11.7. The molecule has 3 aromatic rings. The summed E-state index contributed by atoms with van der Waals surface area (Å²) in [4.78, 5) is 2.60. The summed E-state index contributed by atoms with van der Waals surface area (Å²) in [5.41, 5.74) is 3.77. The Labute approximate surface area is 211 Å². The Morgan fingerprint density at radius 3 is 2.03 bits per heavy atom. The molecule has 4 rings (SSSR count). The van der Waals surface area contributed by atoms with Gasteiger partial charge in [0.25, 0.3) is 0 Å². The molecule has 0 amide bonds. The zero-order valence-corrected chi connectivity index (χ0v) is 21.5. The summed E-state index contributed by atoms with van der Waals surface area (Å²) in [6.45, 7) is 8.80. The number of aliphatic hydroxyl groups excluding tert-OH is 1. The molecular weight excluding hydrogens is 430 g/mol. The topological polar surface area (TPSA) is 43.7 Å². The van der Waals surface area contributed by atoms with Crippen LogP contribution in [0, 0.1) is 5.41 Å². The van der Waals surface area contributed by atoms with E-state index in [0.29, 0.717) is 19.3 Å². The van der Waals surface area contributed by atoms with Crippen molar-refractivity contribution in [1.82, 2.24) is 4.90 Å². The van der Waals surface area contributed by atoms with Crippen molar-refractivity contribution in [3.8, 4) is 0 Å². The predicted molar refractivity (Wildman–Crippen MR) is 144 cm³/mol. The molecule has 0 spiro atoms. The maximum absolute atomic E-state index is 11.7. The number of aliphatic hydroxyl groups is 2. The molecule has 0 aliphatic heterocycles. The van der Waals surface area contributed by atoms with Gasteiger partial charge in [-0.25, -0.2) is 0 Å². The first-order valence-corrected chi connectivity index (χ1v) is 13.1. The third kappa shape index (κ3) is 6.41. The van der Waals surface area contributed by atoms with Crippen LogP contribution in [0.2, 0.25) is 0 Å². The van der Waals surface area contributed by atoms with E-state index in [2.05, 4.69) is 86.3 Å². The minimum absolute atomic E-state index is 0.176. The van der Waals surface area contributed by atoms with Gasteiger partial charge < -0.3 is 10.2 Å². The number of benzene rings is 3. The van der Waals surface area contributed by atoms with Crippen LogP contribution >= 0.6 is 0 Å². The molecule has 0 saturated heterocycles. The van der Waals surface area contributed by atoms with Crippen molar-refractivity contribution < 1.29 is 10.2 Å². The van der Waals surface area contributed by atoms with Gasteiger partial charge in [-0.2, -0.15) is 0 Å². The molecule has 35 heavy (non-hydrogen) atoms. The van der Waals surface area contributed by atoms with Crippen molar-refractivity contribution in [1.29, 1.82) is 0 Å². The number of hydrogen-bond donors (Lipinski definition) is 2. The highest BCUT2D eigenvalue weighted by atomic mass is 16.3. The summed E-state index contributed by atoms with van der Waals surface area (Å²) in [5.74, 6) is 0. The van der Waals surface area contributed by atoms with Gasteiger partial charge in [0, 0.05) is 0 Å². The largest absolute Gasteiger partial charge is 0.388 e. The first kappa shape index (κ1) is 25.6. The summed E-state index contributed by atoms with van der Waals surface area (Å²) in [6, 6.07) is 29.6. The van der Waals surface area contributed by atoms with Gasteiger partial charge in [0.15, 0.2) is 0 Å². The number of nitrogens with zero attached hydrogens (tertiary/aromatic N) is 1. The highest BCUT2D eigenvalue weighted by molar-refractivity contribution is 5.36. The second kappa shape index (κ2) is 11.1. The average molecular weight is 472 g/mol. The molecule has 186 valence electrons. The maximum Gasteiger partial charge on any atom is 0.0901 e. The van der Waals surface area contributed by atoms with Crippen molar-refractivity contribution >= 4 is 0 Å². The SMILES string of the molecule is CC(C)(C)CCN(CCC[C@@]1(O)CC[C@H](O)c2ccccc21)C(c1ccccc1)c1ccccc1. The Balaban J connectivity index is 1.58.